The summed E-state index contributed by atoms with van der Waals surface area (Å²) in [5.74, 6) is -1.10. The second-order valence-corrected chi connectivity index (χ2v) is 7.12. The number of carbonyl (C=O) groups is 2. The van der Waals surface area contributed by atoms with E-state index in [4.69, 9.17) is 17.3 Å². The molecule has 2 amide bonds. The largest absolute Gasteiger partial charge is 0.369 e. The van der Waals surface area contributed by atoms with Gasteiger partial charge in [0, 0.05) is 18.0 Å². The van der Waals surface area contributed by atoms with Gasteiger partial charge in [-0.1, -0.05) is 17.7 Å². The van der Waals surface area contributed by atoms with Crippen molar-refractivity contribution in [3.05, 3.63) is 34.6 Å². The van der Waals surface area contributed by atoms with Crippen LogP contribution in [0.15, 0.2) is 18.2 Å². The highest BCUT2D eigenvalue weighted by Gasteiger charge is 2.45. The second-order valence-electron chi connectivity index (χ2n) is 6.71. The molecule has 0 bridgehead atoms. The Morgan fingerprint density at radius 2 is 2.13 bits per heavy atom. The lowest BCUT2D eigenvalue weighted by Gasteiger charge is -2.39. The first-order valence-corrected chi connectivity index (χ1v) is 7.78. The molecule has 1 saturated heterocycles. The molecule has 23 heavy (non-hydrogen) atoms. The third kappa shape index (κ3) is 3.82. The van der Waals surface area contributed by atoms with Gasteiger partial charge in [0.25, 0.3) is 0 Å². The minimum absolute atomic E-state index is 0.0297. The van der Waals surface area contributed by atoms with Crippen molar-refractivity contribution in [2.75, 3.05) is 6.54 Å². The van der Waals surface area contributed by atoms with Crippen LogP contribution >= 0.6 is 11.6 Å². The molecule has 1 heterocycles. The number of rotatable bonds is 4. The van der Waals surface area contributed by atoms with E-state index >= 15 is 0 Å². The molecule has 0 saturated carbocycles. The van der Waals surface area contributed by atoms with Crippen molar-refractivity contribution in [2.24, 2.45) is 5.73 Å². The highest BCUT2D eigenvalue weighted by Crippen LogP contribution is 2.39. The summed E-state index contributed by atoms with van der Waals surface area (Å²) in [5, 5.41) is 3.03. The number of hydrogen-bond donors (Lipinski definition) is 2. The maximum Gasteiger partial charge on any atom is 0.231 e. The van der Waals surface area contributed by atoms with Gasteiger partial charge >= 0.3 is 0 Å². The van der Waals surface area contributed by atoms with E-state index in [0.717, 1.165) is 0 Å². The number of halogens is 2. The molecular formula is C16H21ClFN3O2. The van der Waals surface area contributed by atoms with E-state index in [1.54, 1.807) is 11.0 Å². The maximum atomic E-state index is 13.9. The van der Waals surface area contributed by atoms with Gasteiger partial charge in [-0.25, -0.2) is 4.39 Å². The smallest absolute Gasteiger partial charge is 0.231 e. The van der Waals surface area contributed by atoms with Crippen LogP contribution in [0.4, 0.5) is 4.39 Å². The predicted octanol–water partition coefficient (Wildman–Crippen LogP) is 1.99. The summed E-state index contributed by atoms with van der Waals surface area (Å²) >= 11 is 5.75. The molecule has 0 radical (unpaired) electrons. The third-order valence-electron chi connectivity index (χ3n) is 3.87. The molecule has 2 rings (SSSR count). The Morgan fingerprint density at radius 1 is 1.48 bits per heavy atom. The summed E-state index contributed by atoms with van der Waals surface area (Å²) in [5.41, 5.74) is 5.37. The second kappa shape index (κ2) is 6.45. The van der Waals surface area contributed by atoms with Gasteiger partial charge in [-0.15, -0.1) is 0 Å². The lowest BCUT2D eigenvalue weighted by atomic mass is 9.96. The molecule has 0 unspecified atom stereocenters. The van der Waals surface area contributed by atoms with Crippen molar-refractivity contribution < 1.29 is 14.0 Å². The zero-order valence-electron chi connectivity index (χ0n) is 13.4. The molecule has 0 spiro atoms. The number of nitrogens with zero attached hydrogens (tertiary/aromatic N) is 1. The topological polar surface area (TPSA) is 75.4 Å². The van der Waals surface area contributed by atoms with Gasteiger partial charge in [0.05, 0.1) is 17.6 Å². The van der Waals surface area contributed by atoms with Gasteiger partial charge in [-0.2, -0.15) is 0 Å². The Bertz CT molecular complexity index is 630. The Morgan fingerprint density at radius 3 is 2.65 bits per heavy atom. The first-order valence-electron chi connectivity index (χ1n) is 7.40. The molecule has 1 aromatic rings. The fourth-order valence-electron chi connectivity index (χ4n) is 3.02. The molecular weight excluding hydrogens is 321 g/mol. The standard InChI is InChI=1S/C16H21ClFN3O2/c1-16(2,3)21-14(23)7-12(20-8-13(19)22)15(21)9-4-5-10(17)11(18)6-9/h4-6,12,15,20H,7-8H2,1-3H3,(H2,19,22)/t12-,15+/m1/s1. The van der Waals surface area contributed by atoms with Gasteiger partial charge in [0.15, 0.2) is 0 Å². The number of amides is 2. The molecule has 0 aliphatic carbocycles. The molecule has 5 nitrogen and oxygen atoms in total. The van der Waals surface area contributed by atoms with Gasteiger partial charge in [0.1, 0.15) is 5.82 Å². The van der Waals surface area contributed by atoms with Gasteiger partial charge in [-0.05, 0) is 38.5 Å². The lowest BCUT2D eigenvalue weighted by Crippen LogP contribution is -2.47. The molecule has 1 aromatic carbocycles. The summed E-state index contributed by atoms with van der Waals surface area (Å²) in [6.07, 6.45) is 0.222. The minimum atomic E-state index is -0.536. The summed E-state index contributed by atoms with van der Waals surface area (Å²) < 4.78 is 13.9. The van der Waals surface area contributed by atoms with E-state index in [1.165, 1.54) is 12.1 Å². The zero-order chi connectivity index (χ0) is 17.4. The maximum absolute atomic E-state index is 13.9. The fraction of sp³-hybridized carbons (Fsp3) is 0.500. The molecule has 1 fully saturated rings. The molecule has 2 atom stereocenters. The number of primary amides is 1. The number of carbonyl (C=O) groups excluding carboxylic acids is 2. The SMILES string of the molecule is CC(C)(C)N1C(=O)C[C@@H](NCC(N)=O)[C@@H]1c1ccc(Cl)c(F)c1. The van der Waals surface area contributed by atoms with E-state index < -0.39 is 23.3 Å². The van der Waals surface area contributed by atoms with Crippen LogP contribution < -0.4 is 11.1 Å². The average molecular weight is 342 g/mol. The van der Waals surface area contributed by atoms with Crippen molar-refractivity contribution in [3.63, 3.8) is 0 Å². The van der Waals surface area contributed by atoms with E-state index in [2.05, 4.69) is 5.32 Å². The normalized spacial score (nSPS) is 21.8. The first kappa shape index (κ1) is 17.7. The third-order valence-corrected chi connectivity index (χ3v) is 4.18. The van der Waals surface area contributed by atoms with Gasteiger partial charge < -0.3 is 16.0 Å². The number of nitrogens with one attached hydrogen (secondary N) is 1. The van der Waals surface area contributed by atoms with Crippen LogP contribution in [-0.4, -0.2) is 34.8 Å². The van der Waals surface area contributed by atoms with Gasteiger partial charge in [-0.3, -0.25) is 9.59 Å². The van der Waals surface area contributed by atoms with Crippen molar-refractivity contribution in [1.29, 1.82) is 0 Å². The van der Waals surface area contributed by atoms with E-state index in [1.807, 2.05) is 20.8 Å². The lowest BCUT2D eigenvalue weighted by molar-refractivity contribution is -0.133. The quantitative estimate of drug-likeness (QED) is 0.879. The fourth-order valence-corrected chi connectivity index (χ4v) is 3.14. The Hall–Kier alpha value is -1.66. The summed E-state index contributed by atoms with van der Waals surface area (Å²) in [4.78, 5) is 25.2. The number of nitrogens with two attached hydrogens (primary N) is 1. The van der Waals surface area contributed by atoms with E-state index in [9.17, 15) is 14.0 Å². The van der Waals surface area contributed by atoms with E-state index in [-0.39, 0.29) is 29.9 Å². The molecule has 126 valence electrons. The Kier molecular flexibility index (Phi) is 4.96. The predicted molar refractivity (Wildman–Crippen MR) is 86.4 cm³/mol. The first-order chi connectivity index (χ1) is 10.6. The van der Waals surface area contributed by atoms with Crippen LogP contribution in [-0.2, 0) is 9.59 Å². The molecule has 1 aliphatic rings. The van der Waals surface area contributed by atoms with Crippen LogP contribution in [0.5, 0.6) is 0 Å². The average Bonchev–Trinajstić information content (AvgIpc) is 2.76. The van der Waals surface area contributed by atoms with Crippen molar-refractivity contribution in [2.45, 2.75) is 44.8 Å². The minimum Gasteiger partial charge on any atom is -0.369 e. The molecule has 7 heteroatoms. The van der Waals surface area contributed by atoms with Crippen LogP contribution in [0.25, 0.3) is 0 Å². The number of likely N-dealkylation sites (tertiary alicyclic amines) is 1. The summed E-state index contributed by atoms with van der Waals surface area (Å²) in [6.45, 7) is 5.71. The van der Waals surface area contributed by atoms with Crippen molar-refractivity contribution in [3.8, 4) is 0 Å². The highest BCUT2D eigenvalue weighted by molar-refractivity contribution is 6.30. The van der Waals surface area contributed by atoms with Crippen LogP contribution in [0.2, 0.25) is 5.02 Å². The number of hydrogen-bond acceptors (Lipinski definition) is 3. The van der Waals surface area contributed by atoms with Crippen LogP contribution in [0.1, 0.15) is 38.8 Å². The van der Waals surface area contributed by atoms with Crippen molar-refractivity contribution in [1.82, 2.24) is 10.2 Å². The number of benzene rings is 1. The van der Waals surface area contributed by atoms with Crippen molar-refractivity contribution >= 4 is 23.4 Å². The van der Waals surface area contributed by atoms with Crippen LogP contribution in [0, 0.1) is 5.82 Å². The van der Waals surface area contributed by atoms with Gasteiger partial charge in [0.2, 0.25) is 11.8 Å². The molecule has 1 aliphatic heterocycles. The molecule has 3 N–H and O–H groups in total. The summed E-state index contributed by atoms with van der Waals surface area (Å²) in [6, 6.07) is 3.79. The van der Waals surface area contributed by atoms with E-state index in [0.29, 0.717) is 5.56 Å². The van der Waals surface area contributed by atoms with Crippen LogP contribution in [0.3, 0.4) is 0 Å². The Labute approximate surface area is 140 Å². The zero-order valence-corrected chi connectivity index (χ0v) is 14.2. The highest BCUT2D eigenvalue weighted by atomic mass is 35.5. The Balaban J connectivity index is 2.41. The summed E-state index contributed by atoms with van der Waals surface area (Å²) in [7, 11) is 0. The monoisotopic (exact) mass is 341 g/mol. The molecule has 0 aromatic heterocycles.